The maximum atomic E-state index is 13.6. The van der Waals surface area contributed by atoms with Gasteiger partial charge in [0.15, 0.2) is 17.5 Å². The molecule has 0 aromatic heterocycles. The fourth-order valence-corrected chi connectivity index (χ4v) is 2.22. The summed E-state index contributed by atoms with van der Waals surface area (Å²) in [7, 11) is 0. The summed E-state index contributed by atoms with van der Waals surface area (Å²) in [6.45, 7) is 5.45. The summed E-state index contributed by atoms with van der Waals surface area (Å²) in [6, 6.07) is 1.68. The maximum absolute atomic E-state index is 13.6. The van der Waals surface area contributed by atoms with Gasteiger partial charge in [0, 0.05) is 0 Å². The van der Waals surface area contributed by atoms with Crippen LogP contribution >= 0.6 is 0 Å². The van der Waals surface area contributed by atoms with Crippen molar-refractivity contribution in [1.29, 1.82) is 0 Å². The van der Waals surface area contributed by atoms with E-state index >= 15 is 0 Å². The van der Waals surface area contributed by atoms with Gasteiger partial charge >= 0.3 is 0 Å². The minimum atomic E-state index is -1.64. The molecule has 1 heterocycles. The third-order valence-electron chi connectivity index (χ3n) is 3.18. The smallest absolute Gasteiger partial charge is 0.259 e. The van der Waals surface area contributed by atoms with Crippen molar-refractivity contribution in [1.82, 2.24) is 4.90 Å². The Kier molecular flexibility index (Phi) is 3.30. The summed E-state index contributed by atoms with van der Waals surface area (Å²) in [5, 5.41) is 0. The van der Waals surface area contributed by atoms with Crippen molar-refractivity contribution in [2.75, 3.05) is 6.61 Å². The van der Waals surface area contributed by atoms with Crippen molar-refractivity contribution in [2.24, 2.45) is 0 Å². The Balaban J connectivity index is 2.43. The quantitative estimate of drug-likeness (QED) is 0.736. The fraction of sp³-hybridized carbons (Fsp3) is 0.462. The Bertz CT molecular complexity index is 531. The molecular formula is C13H14F3NO2. The van der Waals surface area contributed by atoms with Gasteiger partial charge in [0.2, 0.25) is 0 Å². The highest BCUT2D eigenvalue weighted by Crippen LogP contribution is 2.29. The lowest BCUT2D eigenvalue weighted by atomic mass is 10.0. The van der Waals surface area contributed by atoms with Gasteiger partial charge in [-0.1, -0.05) is 0 Å². The van der Waals surface area contributed by atoms with Crippen LogP contribution in [0.2, 0.25) is 0 Å². The summed E-state index contributed by atoms with van der Waals surface area (Å²) < 4.78 is 45.0. The zero-order chi connectivity index (χ0) is 14.4. The van der Waals surface area contributed by atoms with E-state index in [-0.39, 0.29) is 0 Å². The van der Waals surface area contributed by atoms with Gasteiger partial charge in [0.1, 0.15) is 6.23 Å². The topological polar surface area (TPSA) is 29.5 Å². The van der Waals surface area contributed by atoms with E-state index in [4.69, 9.17) is 4.74 Å². The molecule has 2 rings (SSSR count). The first-order chi connectivity index (χ1) is 8.75. The summed E-state index contributed by atoms with van der Waals surface area (Å²) in [6.07, 6.45) is -0.546. The molecule has 1 saturated heterocycles. The monoisotopic (exact) mass is 273 g/mol. The van der Waals surface area contributed by atoms with Crippen LogP contribution in [0.4, 0.5) is 13.2 Å². The van der Waals surface area contributed by atoms with E-state index in [0.717, 1.165) is 12.1 Å². The van der Waals surface area contributed by atoms with Gasteiger partial charge < -0.3 is 9.64 Å². The number of halogens is 3. The maximum Gasteiger partial charge on any atom is 0.259 e. The SMILES string of the molecule is CC1OCC(C)(C)N1C(=O)c1ccc(F)c(F)c1F. The van der Waals surface area contributed by atoms with Crippen LogP contribution in [0.25, 0.3) is 0 Å². The lowest BCUT2D eigenvalue weighted by molar-refractivity contribution is 0.0303. The number of carbonyl (C=O) groups excluding carboxylic acids is 1. The molecule has 1 aromatic rings. The molecule has 3 nitrogen and oxygen atoms in total. The fourth-order valence-electron chi connectivity index (χ4n) is 2.22. The molecule has 1 unspecified atom stereocenters. The number of carbonyl (C=O) groups is 1. The zero-order valence-corrected chi connectivity index (χ0v) is 10.8. The third kappa shape index (κ3) is 2.20. The standard InChI is InChI=1S/C13H14F3NO2/c1-7-17(13(2,3)6-19-7)12(18)8-4-5-9(14)11(16)10(8)15/h4-5,7H,6H2,1-3H3. The second-order valence-corrected chi connectivity index (χ2v) is 5.12. The summed E-state index contributed by atoms with van der Waals surface area (Å²) in [5.41, 5.74) is -1.13. The number of amides is 1. The highest BCUT2D eigenvalue weighted by Gasteiger charge is 2.42. The Hall–Kier alpha value is -1.56. The normalized spacial score (nSPS) is 21.8. The Labute approximate surface area is 109 Å². The van der Waals surface area contributed by atoms with E-state index in [9.17, 15) is 18.0 Å². The molecule has 0 aliphatic carbocycles. The zero-order valence-electron chi connectivity index (χ0n) is 10.8. The van der Waals surface area contributed by atoms with Gasteiger partial charge in [-0.15, -0.1) is 0 Å². The Morgan fingerprint density at radius 2 is 1.95 bits per heavy atom. The van der Waals surface area contributed by atoms with E-state index in [2.05, 4.69) is 0 Å². The molecule has 1 amide bonds. The van der Waals surface area contributed by atoms with Gasteiger partial charge in [-0.3, -0.25) is 4.79 Å². The first-order valence-corrected chi connectivity index (χ1v) is 5.84. The Morgan fingerprint density at radius 1 is 1.32 bits per heavy atom. The van der Waals surface area contributed by atoms with Crippen LogP contribution in [-0.4, -0.2) is 29.2 Å². The number of nitrogens with zero attached hydrogens (tertiary/aromatic N) is 1. The number of rotatable bonds is 1. The van der Waals surface area contributed by atoms with E-state index in [1.807, 2.05) is 0 Å². The molecule has 6 heteroatoms. The van der Waals surface area contributed by atoms with E-state index in [1.54, 1.807) is 20.8 Å². The first kappa shape index (κ1) is 13.9. The van der Waals surface area contributed by atoms with Crippen molar-refractivity contribution in [3.05, 3.63) is 35.1 Å². The minimum Gasteiger partial charge on any atom is -0.356 e. The third-order valence-corrected chi connectivity index (χ3v) is 3.18. The molecule has 1 aromatic carbocycles. The van der Waals surface area contributed by atoms with Crippen LogP contribution in [0, 0.1) is 17.5 Å². The molecule has 0 radical (unpaired) electrons. The molecule has 0 bridgehead atoms. The van der Waals surface area contributed by atoms with Crippen molar-refractivity contribution in [3.63, 3.8) is 0 Å². The van der Waals surface area contributed by atoms with Crippen LogP contribution in [0.3, 0.4) is 0 Å². The molecule has 1 aliphatic rings. The summed E-state index contributed by atoms with van der Waals surface area (Å²) in [5.74, 6) is -5.15. The molecule has 0 saturated carbocycles. The van der Waals surface area contributed by atoms with E-state index in [1.165, 1.54) is 4.90 Å². The Morgan fingerprint density at radius 3 is 2.47 bits per heavy atom. The highest BCUT2D eigenvalue weighted by atomic mass is 19.2. The first-order valence-electron chi connectivity index (χ1n) is 5.84. The molecule has 1 aliphatic heterocycles. The summed E-state index contributed by atoms with van der Waals surface area (Å²) >= 11 is 0. The number of hydrogen-bond acceptors (Lipinski definition) is 2. The van der Waals surface area contributed by atoms with Gasteiger partial charge in [-0.2, -0.15) is 0 Å². The molecule has 104 valence electrons. The van der Waals surface area contributed by atoms with Crippen LogP contribution in [-0.2, 0) is 4.74 Å². The van der Waals surface area contributed by atoms with Gasteiger partial charge in [0.25, 0.3) is 5.91 Å². The highest BCUT2D eigenvalue weighted by molar-refractivity contribution is 5.95. The van der Waals surface area contributed by atoms with Crippen molar-refractivity contribution in [2.45, 2.75) is 32.5 Å². The largest absolute Gasteiger partial charge is 0.356 e. The van der Waals surface area contributed by atoms with E-state index < -0.39 is 40.7 Å². The average molecular weight is 273 g/mol. The minimum absolute atomic E-state index is 0.297. The van der Waals surface area contributed by atoms with Crippen molar-refractivity contribution in [3.8, 4) is 0 Å². The van der Waals surface area contributed by atoms with Gasteiger partial charge in [-0.25, -0.2) is 13.2 Å². The van der Waals surface area contributed by atoms with Gasteiger partial charge in [-0.05, 0) is 32.9 Å². The summed E-state index contributed by atoms with van der Waals surface area (Å²) in [4.78, 5) is 13.6. The molecule has 19 heavy (non-hydrogen) atoms. The lowest BCUT2D eigenvalue weighted by Crippen LogP contribution is -2.47. The van der Waals surface area contributed by atoms with Gasteiger partial charge in [0.05, 0.1) is 17.7 Å². The molecule has 0 N–H and O–H groups in total. The number of hydrogen-bond donors (Lipinski definition) is 0. The van der Waals surface area contributed by atoms with Crippen LogP contribution < -0.4 is 0 Å². The second kappa shape index (κ2) is 4.52. The predicted molar refractivity (Wildman–Crippen MR) is 62.0 cm³/mol. The predicted octanol–water partition coefficient (Wildman–Crippen LogP) is 2.70. The second-order valence-electron chi connectivity index (χ2n) is 5.12. The van der Waals surface area contributed by atoms with Crippen molar-refractivity contribution < 1.29 is 22.7 Å². The lowest BCUT2D eigenvalue weighted by Gasteiger charge is -2.32. The number of benzene rings is 1. The van der Waals surface area contributed by atoms with Crippen LogP contribution in [0.1, 0.15) is 31.1 Å². The molecule has 1 atom stereocenters. The molecular weight excluding hydrogens is 259 g/mol. The van der Waals surface area contributed by atoms with Crippen LogP contribution in [0.15, 0.2) is 12.1 Å². The molecule has 1 fully saturated rings. The van der Waals surface area contributed by atoms with E-state index in [0.29, 0.717) is 6.61 Å². The molecule has 0 spiro atoms. The van der Waals surface area contributed by atoms with Crippen LogP contribution in [0.5, 0.6) is 0 Å². The number of ether oxygens (including phenoxy) is 1. The van der Waals surface area contributed by atoms with Crippen molar-refractivity contribution >= 4 is 5.91 Å². The average Bonchev–Trinajstić information content (AvgIpc) is 2.60.